The van der Waals surface area contributed by atoms with Crippen LogP contribution in [0.4, 0.5) is 10.8 Å². The van der Waals surface area contributed by atoms with Crippen LogP contribution in [0.25, 0.3) is 20.8 Å². The molecule has 0 bridgehead atoms. The van der Waals surface area contributed by atoms with Crippen molar-refractivity contribution in [3.63, 3.8) is 0 Å². The molecule has 1 aliphatic rings. The number of carbonyl (C=O) groups excluding carboxylic acids is 2. The molecular formula is C23H24N6O3S2. The number of amides is 1. The lowest BCUT2D eigenvalue weighted by atomic mass is 9.96. The summed E-state index contributed by atoms with van der Waals surface area (Å²) in [7, 11) is 3.59. The molecule has 9 nitrogen and oxygen atoms in total. The van der Waals surface area contributed by atoms with Gasteiger partial charge in [-0.2, -0.15) is 9.78 Å². The van der Waals surface area contributed by atoms with E-state index in [1.807, 2.05) is 0 Å². The third kappa shape index (κ3) is 4.12. The zero-order valence-corrected chi connectivity index (χ0v) is 20.4. The predicted octanol–water partition coefficient (Wildman–Crippen LogP) is 3.50. The van der Waals surface area contributed by atoms with Gasteiger partial charge in [0.05, 0.1) is 15.3 Å². The molecular weight excluding hydrogens is 472 g/mol. The molecule has 1 fully saturated rings. The van der Waals surface area contributed by atoms with Crippen molar-refractivity contribution in [3.05, 3.63) is 41.3 Å². The minimum Gasteiger partial charge on any atom is -0.493 e. The second kappa shape index (κ2) is 8.73. The summed E-state index contributed by atoms with van der Waals surface area (Å²) in [5, 5.41) is 15.5. The number of thiazole rings is 1. The maximum atomic E-state index is 13.0. The Hall–Kier alpha value is -3.44. The van der Waals surface area contributed by atoms with Crippen LogP contribution in [-0.4, -0.2) is 63.8 Å². The second-order valence-electron chi connectivity index (χ2n) is 8.50. The van der Waals surface area contributed by atoms with Crippen LogP contribution in [0, 0.1) is 5.92 Å². The van der Waals surface area contributed by atoms with Gasteiger partial charge in [0.15, 0.2) is 5.13 Å². The number of nitrogen functional groups attached to an aromatic ring is 1. The Labute approximate surface area is 204 Å². The first-order valence-electron chi connectivity index (χ1n) is 10.9. The minimum absolute atomic E-state index is 0.0661. The molecule has 1 aromatic carbocycles. The highest BCUT2D eigenvalue weighted by molar-refractivity contribution is 7.29. The number of hydrogen-bond donors (Lipinski definition) is 2. The van der Waals surface area contributed by atoms with Crippen LogP contribution in [-0.2, 0) is 4.79 Å². The van der Waals surface area contributed by atoms with Gasteiger partial charge in [-0.05, 0) is 31.0 Å². The zero-order chi connectivity index (χ0) is 24.0. The number of aromatic nitrogens is 3. The number of benzene rings is 1. The van der Waals surface area contributed by atoms with Crippen molar-refractivity contribution < 1.29 is 14.7 Å². The molecule has 0 saturated carbocycles. The van der Waals surface area contributed by atoms with Crippen molar-refractivity contribution in [1.82, 2.24) is 19.7 Å². The van der Waals surface area contributed by atoms with Gasteiger partial charge in [0.1, 0.15) is 4.83 Å². The van der Waals surface area contributed by atoms with Crippen LogP contribution in [0.2, 0.25) is 0 Å². The Balaban J connectivity index is 1.31. The number of anilines is 2. The molecule has 0 unspecified atom stereocenters. The lowest BCUT2D eigenvalue weighted by Gasteiger charge is -2.32. The first-order valence-corrected chi connectivity index (χ1v) is 12.5. The maximum absolute atomic E-state index is 13.0. The minimum atomic E-state index is -0.404. The number of piperidine rings is 1. The van der Waals surface area contributed by atoms with Crippen molar-refractivity contribution in [2.24, 2.45) is 5.92 Å². The normalized spacial score (nSPS) is 14.6. The van der Waals surface area contributed by atoms with Gasteiger partial charge in [-0.1, -0.05) is 23.5 Å². The first kappa shape index (κ1) is 22.4. The Kier molecular flexibility index (Phi) is 5.74. The van der Waals surface area contributed by atoms with Gasteiger partial charge in [-0.15, -0.1) is 11.3 Å². The number of rotatable bonds is 4. The third-order valence-corrected chi connectivity index (χ3v) is 8.14. The molecule has 4 heterocycles. The summed E-state index contributed by atoms with van der Waals surface area (Å²) < 4.78 is 1.93. The number of aromatic hydroxyl groups is 1. The topological polar surface area (TPSA) is 118 Å². The lowest BCUT2D eigenvalue weighted by Crippen LogP contribution is -2.40. The van der Waals surface area contributed by atoms with Crippen LogP contribution in [0.15, 0.2) is 36.4 Å². The monoisotopic (exact) mass is 496 g/mol. The molecule has 0 aliphatic carbocycles. The standard InChI is InChI=1S/C23H24N6O3S2/c1-27(2)21(31)14-7-9-28(10-8-14)23-25-20-17(34-23)12-18(33-20)22(32)29-19(30)11-16(26-29)13-3-5-15(24)6-4-13/h3-6,11-12,14,30H,7-10,24H2,1-2H3. The van der Waals surface area contributed by atoms with E-state index in [0.717, 1.165) is 50.8 Å². The van der Waals surface area contributed by atoms with E-state index in [0.29, 0.717) is 16.3 Å². The molecule has 0 atom stereocenters. The number of carbonyl (C=O) groups is 2. The fourth-order valence-electron chi connectivity index (χ4n) is 4.07. The molecule has 11 heteroatoms. The Morgan fingerprint density at radius 3 is 2.47 bits per heavy atom. The van der Waals surface area contributed by atoms with E-state index < -0.39 is 5.91 Å². The van der Waals surface area contributed by atoms with Crippen LogP contribution in [0.1, 0.15) is 22.5 Å². The number of nitrogens with two attached hydrogens (primary N) is 1. The van der Waals surface area contributed by atoms with E-state index >= 15 is 0 Å². The van der Waals surface area contributed by atoms with Gasteiger partial charge in [-0.25, -0.2) is 4.98 Å². The summed E-state index contributed by atoms with van der Waals surface area (Å²) in [6, 6.07) is 10.3. The molecule has 1 saturated heterocycles. The van der Waals surface area contributed by atoms with E-state index in [4.69, 9.17) is 10.7 Å². The molecule has 5 rings (SSSR count). The third-order valence-electron chi connectivity index (χ3n) is 5.93. The molecule has 3 aromatic heterocycles. The Morgan fingerprint density at radius 1 is 1.12 bits per heavy atom. The van der Waals surface area contributed by atoms with Gasteiger partial charge < -0.3 is 20.6 Å². The average molecular weight is 497 g/mol. The van der Waals surface area contributed by atoms with Crippen molar-refractivity contribution in [2.45, 2.75) is 12.8 Å². The fourth-order valence-corrected chi connectivity index (χ4v) is 6.26. The van der Waals surface area contributed by atoms with E-state index in [-0.39, 0.29) is 17.7 Å². The second-order valence-corrected chi connectivity index (χ2v) is 10.5. The van der Waals surface area contributed by atoms with E-state index in [9.17, 15) is 14.7 Å². The molecule has 34 heavy (non-hydrogen) atoms. The molecule has 3 N–H and O–H groups in total. The highest BCUT2D eigenvalue weighted by Gasteiger charge is 2.28. The van der Waals surface area contributed by atoms with Crippen LogP contribution < -0.4 is 10.6 Å². The van der Waals surface area contributed by atoms with E-state index in [1.165, 1.54) is 28.7 Å². The van der Waals surface area contributed by atoms with Crippen molar-refractivity contribution in [1.29, 1.82) is 0 Å². The summed E-state index contributed by atoms with van der Waals surface area (Å²) in [6.45, 7) is 1.57. The number of thiophene rings is 1. The molecule has 1 amide bonds. The summed E-state index contributed by atoms with van der Waals surface area (Å²) in [5.74, 6) is -0.378. The van der Waals surface area contributed by atoms with Gasteiger partial charge in [0.25, 0.3) is 5.91 Å². The molecule has 0 spiro atoms. The SMILES string of the molecule is CN(C)C(=O)C1CCN(c2nc3sc(C(=O)n4nc(-c5ccc(N)cc5)cc4O)cc3s2)CC1. The highest BCUT2D eigenvalue weighted by Crippen LogP contribution is 2.37. The highest BCUT2D eigenvalue weighted by atomic mass is 32.1. The Bertz CT molecular complexity index is 1330. The fraction of sp³-hybridized carbons (Fsp3) is 0.304. The van der Waals surface area contributed by atoms with E-state index in [1.54, 1.807) is 49.3 Å². The number of fused-ring (bicyclic) bond motifs is 1. The smallest absolute Gasteiger partial charge is 0.291 e. The van der Waals surface area contributed by atoms with Crippen molar-refractivity contribution >= 4 is 54.8 Å². The average Bonchev–Trinajstić information content (AvgIpc) is 3.52. The zero-order valence-electron chi connectivity index (χ0n) is 18.8. The summed E-state index contributed by atoms with van der Waals surface area (Å²) in [4.78, 5) is 35.1. The van der Waals surface area contributed by atoms with Gasteiger partial charge in [0, 0.05) is 50.4 Å². The molecule has 1 aliphatic heterocycles. The quantitative estimate of drug-likeness (QED) is 0.415. The first-order chi connectivity index (χ1) is 16.3. The van der Waals surface area contributed by atoms with Gasteiger partial charge in [0.2, 0.25) is 11.8 Å². The summed E-state index contributed by atoms with van der Waals surface area (Å²) in [6.07, 6.45) is 1.62. The van der Waals surface area contributed by atoms with Gasteiger partial charge in [-0.3, -0.25) is 9.59 Å². The van der Waals surface area contributed by atoms with Crippen molar-refractivity contribution in [2.75, 3.05) is 37.8 Å². The van der Waals surface area contributed by atoms with Crippen LogP contribution >= 0.6 is 22.7 Å². The Morgan fingerprint density at radius 2 is 1.82 bits per heavy atom. The maximum Gasteiger partial charge on any atom is 0.291 e. The molecule has 176 valence electrons. The van der Waals surface area contributed by atoms with Crippen molar-refractivity contribution in [3.8, 4) is 17.1 Å². The number of hydrogen-bond acceptors (Lipinski definition) is 9. The molecule has 0 radical (unpaired) electrons. The van der Waals surface area contributed by atoms with Gasteiger partial charge >= 0.3 is 0 Å². The lowest BCUT2D eigenvalue weighted by molar-refractivity contribution is -0.133. The van der Waals surface area contributed by atoms with E-state index in [2.05, 4.69) is 10.00 Å². The largest absolute Gasteiger partial charge is 0.493 e. The predicted molar refractivity (Wildman–Crippen MR) is 135 cm³/mol. The van der Waals surface area contributed by atoms with Crippen LogP contribution in [0.5, 0.6) is 5.88 Å². The molecule has 4 aromatic rings. The summed E-state index contributed by atoms with van der Waals surface area (Å²) >= 11 is 2.82. The number of nitrogens with zero attached hydrogens (tertiary/aromatic N) is 5. The van der Waals surface area contributed by atoms with Crippen LogP contribution in [0.3, 0.4) is 0 Å². The summed E-state index contributed by atoms with van der Waals surface area (Å²) in [5.41, 5.74) is 7.59.